The van der Waals surface area contributed by atoms with Gasteiger partial charge in [-0.3, -0.25) is 0 Å². The van der Waals surface area contributed by atoms with Gasteiger partial charge in [-0.25, -0.2) is 4.79 Å². The second kappa shape index (κ2) is 57.4. The number of rotatable bonds is 26. The largest absolute Gasteiger partial charge is 0.422 e. The molecule has 15 aliphatic carbocycles. The number of benzene rings is 5. The summed E-state index contributed by atoms with van der Waals surface area (Å²) in [4.78, 5) is 12.5. The van der Waals surface area contributed by atoms with Crippen molar-refractivity contribution in [1.29, 1.82) is 0 Å². The number of hydrogen-bond donors (Lipinski definition) is 0. The number of aryl methyl sites for hydroxylation is 5. The van der Waals surface area contributed by atoms with E-state index >= 15 is 0 Å². The molecule has 6 atom stereocenters. The van der Waals surface area contributed by atoms with E-state index in [1.165, 1.54) is 326 Å². The Hall–Kier alpha value is -4.69. The van der Waals surface area contributed by atoms with Crippen molar-refractivity contribution in [2.75, 3.05) is 0 Å². The summed E-state index contributed by atoms with van der Waals surface area (Å²) in [5, 5.41) is 0.994. The Morgan fingerprint density at radius 1 is 0.319 bits per heavy atom. The average Bonchev–Trinajstić information content (AvgIpc) is 1.65. The second-order valence-corrected chi connectivity index (χ2v) is 49.1. The fourth-order valence-corrected chi connectivity index (χ4v) is 31.3. The molecule has 6 bridgehead atoms. The normalized spacial score (nSPS) is 31.9. The van der Waals surface area contributed by atoms with Gasteiger partial charge in [0.05, 0.1) is 5.56 Å². The van der Waals surface area contributed by atoms with E-state index in [1.54, 1.807) is 94.6 Å². The third-order valence-corrected chi connectivity index (χ3v) is 42.6. The Morgan fingerprint density at radius 2 is 0.696 bits per heavy atom. The van der Waals surface area contributed by atoms with E-state index in [2.05, 4.69) is 216 Å². The topological polar surface area (TPSA) is 30.2 Å². The third-order valence-electron chi connectivity index (χ3n) is 42.6. The van der Waals surface area contributed by atoms with Gasteiger partial charge in [-0.15, -0.1) is 0 Å². The van der Waals surface area contributed by atoms with Gasteiger partial charge in [-0.2, -0.15) is 0 Å². The maximum absolute atomic E-state index is 12.5. The van der Waals surface area contributed by atoms with Crippen LogP contribution >= 0.6 is 0 Å². The third kappa shape index (κ3) is 30.5. The first-order chi connectivity index (χ1) is 67.1. The van der Waals surface area contributed by atoms with E-state index in [1.807, 2.05) is 32.0 Å². The molecule has 1 heterocycles. The highest BCUT2D eigenvalue weighted by Gasteiger charge is 2.55. The molecule has 5 aromatic carbocycles. The summed E-state index contributed by atoms with van der Waals surface area (Å²) in [6.45, 7) is 47.8. The van der Waals surface area contributed by atoms with Gasteiger partial charge in [0.25, 0.3) is 0 Å². The molecule has 138 heavy (non-hydrogen) atoms. The predicted octanol–water partition coefficient (Wildman–Crippen LogP) is 42.8. The van der Waals surface area contributed by atoms with Crippen molar-refractivity contribution in [3.63, 3.8) is 0 Å². The van der Waals surface area contributed by atoms with Crippen molar-refractivity contribution in [2.45, 2.75) is 542 Å². The van der Waals surface area contributed by atoms with Crippen LogP contribution in [0.1, 0.15) is 542 Å². The highest BCUT2D eigenvalue weighted by molar-refractivity contribution is 5.85. The van der Waals surface area contributed by atoms with Gasteiger partial charge < -0.3 is 4.42 Å². The summed E-state index contributed by atoms with van der Waals surface area (Å²) in [5.74, 6) is 19.5. The minimum absolute atomic E-state index is 0. The maximum Gasteiger partial charge on any atom is 0.344 e. The zero-order chi connectivity index (χ0) is 98.8. The quantitative estimate of drug-likeness (QED) is 0.0507. The molecule has 776 valence electrons. The van der Waals surface area contributed by atoms with Crippen molar-refractivity contribution in [2.24, 2.45) is 117 Å². The number of fused-ring (bicyclic) bond motifs is 12. The predicted molar refractivity (Wildman–Crippen MR) is 609 cm³/mol. The van der Waals surface area contributed by atoms with Crippen LogP contribution in [0.3, 0.4) is 0 Å². The van der Waals surface area contributed by atoms with Crippen molar-refractivity contribution in [3.8, 4) is 22.3 Å². The lowest BCUT2D eigenvalue weighted by molar-refractivity contribution is -0.0134. The van der Waals surface area contributed by atoms with Gasteiger partial charge in [0.2, 0.25) is 0 Å². The SMILES string of the molecule is CC.CCC12CCC(CC)(CC1)CC2.CCC1CCC(C2CCC(CC)CC2)CC1.CCC1CCC(CC)CC1.CCC1CCC(CC2CCC(CC)CC2)CC1.CCCC1CC2C3CC(CCC)C(C3)C2C1.CCc1ccc(-c2cc3ccc(CC)c(CC)c3oc2=O)cc1.CCc1ccc(-c2ccc(C3CCC(CC)CC3)cc2)c(C)c1C.CCc1ccc(C23CCC(CC)(CC2)CC3)cc1.[HH]. The van der Waals surface area contributed by atoms with Gasteiger partial charge in [-0.1, -0.05) is 421 Å². The van der Waals surface area contributed by atoms with Crippen LogP contribution in [0.15, 0.2) is 112 Å². The highest BCUT2D eigenvalue weighted by atomic mass is 16.4. The molecule has 21 rings (SSSR count). The van der Waals surface area contributed by atoms with Crippen LogP contribution in [0.25, 0.3) is 33.2 Å². The molecule has 0 saturated heterocycles. The van der Waals surface area contributed by atoms with E-state index in [4.69, 9.17) is 4.42 Å². The first-order valence-corrected chi connectivity index (χ1v) is 61.6. The van der Waals surface area contributed by atoms with E-state index in [9.17, 15) is 4.79 Å². The summed E-state index contributed by atoms with van der Waals surface area (Å²) in [6, 6.07) is 37.9. The minimum Gasteiger partial charge on any atom is -0.422 e. The summed E-state index contributed by atoms with van der Waals surface area (Å²) >= 11 is 0. The molecule has 6 aromatic rings. The molecule has 0 amide bonds. The molecule has 2 heteroatoms. The lowest BCUT2D eigenvalue weighted by atomic mass is 9.51. The van der Waals surface area contributed by atoms with Crippen molar-refractivity contribution < 1.29 is 5.84 Å². The van der Waals surface area contributed by atoms with E-state index in [-0.39, 0.29) is 7.05 Å². The van der Waals surface area contributed by atoms with Crippen molar-refractivity contribution in [3.05, 3.63) is 164 Å². The zero-order valence-corrected chi connectivity index (χ0v) is 94.5. The molecule has 15 fully saturated rings. The zero-order valence-electron chi connectivity index (χ0n) is 94.5. The lowest BCUT2D eigenvalue weighted by Crippen LogP contribution is -2.43. The van der Waals surface area contributed by atoms with Crippen LogP contribution in [-0.4, -0.2) is 0 Å². The molecule has 15 saturated carbocycles. The molecular formula is C136H220O2. The fourth-order valence-electron chi connectivity index (χ4n) is 31.3. The van der Waals surface area contributed by atoms with Gasteiger partial charge >= 0.3 is 5.63 Å². The van der Waals surface area contributed by atoms with E-state index in [0.29, 0.717) is 11.0 Å². The minimum atomic E-state index is -0.260. The smallest absolute Gasteiger partial charge is 0.344 e. The maximum atomic E-state index is 12.5. The highest BCUT2D eigenvalue weighted by Crippen LogP contribution is 2.65. The molecule has 1 aromatic heterocycles. The fraction of sp³-hybridized carbons (Fsp3) is 0.757. The van der Waals surface area contributed by atoms with Gasteiger partial charge in [-0.05, 0) is 407 Å². The Labute approximate surface area is 855 Å². The molecule has 15 aliphatic rings. The summed E-state index contributed by atoms with van der Waals surface area (Å²) in [5.41, 5.74) is 20.3. The first-order valence-electron chi connectivity index (χ1n) is 61.6. The van der Waals surface area contributed by atoms with Crippen LogP contribution in [0.5, 0.6) is 0 Å². The van der Waals surface area contributed by atoms with Gasteiger partial charge in [0.15, 0.2) is 0 Å². The molecular weight excluding hydrogens is 1670 g/mol. The van der Waals surface area contributed by atoms with E-state index < -0.39 is 0 Å². The first kappa shape index (κ1) is 114. The van der Waals surface area contributed by atoms with Gasteiger partial charge in [0.1, 0.15) is 5.58 Å². The molecule has 0 N–H and O–H groups in total. The Bertz CT molecular complexity index is 4280. The van der Waals surface area contributed by atoms with Crippen LogP contribution in [0.2, 0.25) is 0 Å². The average molecular weight is 1890 g/mol. The Kier molecular flexibility index (Phi) is 47.3. The second-order valence-electron chi connectivity index (χ2n) is 49.1. The monoisotopic (exact) mass is 1890 g/mol. The van der Waals surface area contributed by atoms with Crippen LogP contribution < -0.4 is 5.63 Å². The lowest BCUT2D eigenvalue weighted by Gasteiger charge is -2.54. The molecule has 0 spiro atoms. The Morgan fingerprint density at radius 3 is 1.09 bits per heavy atom. The standard InChI is InChI=1S/C24H32.C21H22O2.C18H26.C17H32.C16H28.C16H30.C12H22.C10H20.C2H6.H2/c1-5-19-7-9-21(10-8-19)22-11-13-23(14-12-22)24-16-15-20(6-2)17(3)18(24)4;1-4-14-7-9-16(10-8-14)19-13-17-12-11-15(5-2)18(6-3)20(17)23-21(19)22;1-3-15-5-7-16(8-6-15)18-12-9-17(4-2,10-13-18)11-14-18;1-3-14-5-9-16(10-6-14)13-17-11-7-15(4-2)8-12-17;1-3-5-11-7-14-13-9-12(6-4-2)15(10-13)16(14)8-11;1-3-13-5-9-15(10-6-13)16-11-7-14(4-2)8-12-16;1-3-11-5-8-12(4-2,9-6-11)10-7-11;1-3-9-5-7-10(4-2)8-6-9;1-2;/h11-16,19,21H,5-10H2,1-4H3;7-13H,4-6H2,1-3H3;5-8H,3-4,9-14H2,1-2H3;14-17H,3-13H2,1-2H3;11-16H,3-10H2,1-2H3;13-16H,3-12H2,1-2H3;3-10H2,1-2H3;9-10H,3-8H2,1-2H3;1-2H3;1H. The summed E-state index contributed by atoms with van der Waals surface area (Å²) < 4.78 is 5.71. The van der Waals surface area contributed by atoms with Gasteiger partial charge in [0, 0.05) is 6.81 Å². The van der Waals surface area contributed by atoms with Crippen molar-refractivity contribution in [1.82, 2.24) is 0 Å². The van der Waals surface area contributed by atoms with Crippen LogP contribution in [0, 0.1) is 131 Å². The van der Waals surface area contributed by atoms with Crippen molar-refractivity contribution >= 4 is 11.0 Å². The number of hydrogen-bond acceptors (Lipinski definition) is 2. The summed E-state index contributed by atoms with van der Waals surface area (Å²) in [7, 11) is 0. The molecule has 2 nitrogen and oxygen atoms in total. The molecule has 0 radical (unpaired) electrons. The van der Waals surface area contributed by atoms with Crippen LogP contribution in [0.4, 0.5) is 0 Å². The van der Waals surface area contributed by atoms with Crippen LogP contribution in [-0.2, 0) is 37.5 Å². The molecule has 0 aliphatic heterocycles. The Balaban J connectivity index is 0.000000165. The molecule has 6 unspecified atom stereocenters. The summed E-state index contributed by atoms with van der Waals surface area (Å²) in [6.07, 6.45) is 87.4. The van der Waals surface area contributed by atoms with E-state index in [0.717, 1.165) is 165 Å².